The standard InChI is InChI=1S/C20H22ClN3O4/c21-16-6-2-1-5-14(16)10-24-11-15(9-18(24)26)19(27)28-12-17(25)23-20(13-22)7-3-4-8-20/h1-2,5-6,15H,3-4,7-12H2,(H,23,25)/t15-/m0/s1. The fraction of sp³-hybridized carbons (Fsp3) is 0.500. The van der Waals surface area contributed by atoms with Crippen LogP contribution in [0.25, 0.3) is 0 Å². The van der Waals surface area contributed by atoms with Crippen molar-refractivity contribution in [3.05, 3.63) is 34.9 Å². The molecule has 28 heavy (non-hydrogen) atoms. The molecule has 1 aliphatic carbocycles. The summed E-state index contributed by atoms with van der Waals surface area (Å²) < 4.78 is 5.09. The molecule has 1 saturated heterocycles. The van der Waals surface area contributed by atoms with Crippen molar-refractivity contribution in [1.82, 2.24) is 10.2 Å². The normalized spacial score (nSPS) is 20.6. The number of ether oxygens (including phenoxy) is 1. The van der Waals surface area contributed by atoms with Crippen molar-refractivity contribution >= 4 is 29.4 Å². The fourth-order valence-corrected chi connectivity index (χ4v) is 3.91. The van der Waals surface area contributed by atoms with E-state index in [0.29, 0.717) is 24.4 Å². The Morgan fingerprint density at radius 1 is 1.32 bits per heavy atom. The quantitative estimate of drug-likeness (QED) is 0.734. The lowest BCUT2D eigenvalue weighted by molar-refractivity contribution is -0.152. The number of hydrogen-bond donors (Lipinski definition) is 1. The van der Waals surface area contributed by atoms with Gasteiger partial charge in [-0.25, -0.2) is 0 Å². The summed E-state index contributed by atoms with van der Waals surface area (Å²) >= 11 is 6.13. The molecular formula is C20H22ClN3O4. The van der Waals surface area contributed by atoms with E-state index in [4.69, 9.17) is 16.3 Å². The van der Waals surface area contributed by atoms with Crippen LogP contribution in [-0.4, -0.2) is 41.4 Å². The van der Waals surface area contributed by atoms with E-state index in [1.807, 2.05) is 18.2 Å². The van der Waals surface area contributed by atoms with Crippen LogP contribution in [-0.2, 0) is 25.7 Å². The molecule has 0 unspecified atom stereocenters. The van der Waals surface area contributed by atoms with Crippen LogP contribution in [0.2, 0.25) is 5.02 Å². The van der Waals surface area contributed by atoms with Crippen LogP contribution in [0.5, 0.6) is 0 Å². The van der Waals surface area contributed by atoms with Gasteiger partial charge in [-0.3, -0.25) is 14.4 Å². The zero-order chi connectivity index (χ0) is 20.1. The van der Waals surface area contributed by atoms with Crippen LogP contribution >= 0.6 is 11.6 Å². The van der Waals surface area contributed by atoms with Gasteiger partial charge in [0.1, 0.15) is 5.54 Å². The maximum Gasteiger partial charge on any atom is 0.311 e. The minimum Gasteiger partial charge on any atom is -0.455 e. The molecule has 3 rings (SSSR count). The SMILES string of the molecule is N#CC1(NC(=O)COC(=O)[C@H]2CC(=O)N(Cc3ccccc3Cl)C2)CCCC1. The van der Waals surface area contributed by atoms with Gasteiger partial charge in [-0.1, -0.05) is 29.8 Å². The molecule has 7 nitrogen and oxygen atoms in total. The Bertz CT molecular complexity index is 814. The molecular weight excluding hydrogens is 382 g/mol. The number of carbonyl (C=O) groups excluding carboxylic acids is 3. The Hall–Kier alpha value is -2.59. The number of likely N-dealkylation sites (tertiary alicyclic amines) is 1. The summed E-state index contributed by atoms with van der Waals surface area (Å²) in [5.41, 5.74) is -0.0391. The molecule has 1 aromatic rings. The van der Waals surface area contributed by atoms with Crippen molar-refractivity contribution in [2.45, 2.75) is 44.2 Å². The smallest absolute Gasteiger partial charge is 0.311 e. The molecule has 8 heteroatoms. The molecule has 1 aliphatic heterocycles. The van der Waals surface area contributed by atoms with E-state index in [1.165, 1.54) is 0 Å². The second kappa shape index (κ2) is 8.61. The Labute approximate surface area is 168 Å². The minimum atomic E-state index is -0.849. The van der Waals surface area contributed by atoms with E-state index in [0.717, 1.165) is 18.4 Å². The molecule has 0 spiro atoms. The minimum absolute atomic E-state index is 0.0486. The van der Waals surface area contributed by atoms with Gasteiger partial charge in [-0.15, -0.1) is 0 Å². The first-order chi connectivity index (χ1) is 13.4. The van der Waals surface area contributed by atoms with Gasteiger partial charge in [0.2, 0.25) is 5.91 Å². The summed E-state index contributed by atoms with van der Waals surface area (Å²) in [6, 6.07) is 9.39. The van der Waals surface area contributed by atoms with Gasteiger partial charge < -0.3 is 15.0 Å². The van der Waals surface area contributed by atoms with Gasteiger partial charge in [0, 0.05) is 24.5 Å². The summed E-state index contributed by atoms with van der Waals surface area (Å²) in [5.74, 6) is -1.84. The lowest BCUT2D eigenvalue weighted by Gasteiger charge is -2.22. The second-order valence-electron chi connectivity index (χ2n) is 7.32. The van der Waals surface area contributed by atoms with E-state index in [1.54, 1.807) is 11.0 Å². The fourth-order valence-electron chi connectivity index (χ4n) is 3.72. The first-order valence-corrected chi connectivity index (χ1v) is 9.70. The summed E-state index contributed by atoms with van der Waals surface area (Å²) in [6.45, 7) is 0.109. The summed E-state index contributed by atoms with van der Waals surface area (Å²) in [4.78, 5) is 38.1. The van der Waals surface area contributed by atoms with Gasteiger partial charge >= 0.3 is 5.97 Å². The summed E-state index contributed by atoms with van der Waals surface area (Å²) in [7, 11) is 0. The number of benzene rings is 1. The Morgan fingerprint density at radius 3 is 2.71 bits per heavy atom. The molecule has 2 fully saturated rings. The molecule has 2 aliphatic rings. The van der Waals surface area contributed by atoms with Crippen molar-refractivity contribution in [2.75, 3.05) is 13.2 Å². The number of esters is 1. The molecule has 0 aromatic heterocycles. The predicted octanol–water partition coefficient (Wildman–Crippen LogP) is 2.18. The van der Waals surface area contributed by atoms with Crippen LogP contribution in [0, 0.1) is 17.2 Å². The van der Waals surface area contributed by atoms with Gasteiger partial charge in [-0.2, -0.15) is 5.26 Å². The number of carbonyl (C=O) groups is 3. The molecule has 1 aromatic carbocycles. The first-order valence-electron chi connectivity index (χ1n) is 9.32. The Balaban J connectivity index is 1.49. The Morgan fingerprint density at radius 2 is 2.04 bits per heavy atom. The highest BCUT2D eigenvalue weighted by atomic mass is 35.5. The van der Waals surface area contributed by atoms with Crippen LogP contribution in [0.3, 0.4) is 0 Å². The van der Waals surface area contributed by atoms with E-state index in [-0.39, 0.29) is 18.9 Å². The molecule has 1 N–H and O–H groups in total. The van der Waals surface area contributed by atoms with Crippen molar-refractivity contribution < 1.29 is 19.1 Å². The van der Waals surface area contributed by atoms with Crippen molar-refractivity contribution in [3.63, 3.8) is 0 Å². The van der Waals surface area contributed by atoms with Gasteiger partial charge in [-0.05, 0) is 37.3 Å². The number of rotatable bonds is 6. The van der Waals surface area contributed by atoms with Crippen LogP contribution < -0.4 is 5.32 Å². The predicted molar refractivity (Wildman–Crippen MR) is 101 cm³/mol. The first kappa shape index (κ1) is 20.2. The third-order valence-electron chi connectivity index (χ3n) is 5.26. The van der Waals surface area contributed by atoms with Crippen LogP contribution in [0.15, 0.2) is 24.3 Å². The monoisotopic (exact) mass is 403 g/mol. The number of nitriles is 1. The third-order valence-corrected chi connectivity index (χ3v) is 5.63. The zero-order valence-electron chi connectivity index (χ0n) is 15.4. The van der Waals surface area contributed by atoms with Crippen LogP contribution in [0.1, 0.15) is 37.7 Å². The number of halogens is 1. The third kappa shape index (κ3) is 4.63. The maximum atomic E-state index is 12.3. The highest BCUT2D eigenvalue weighted by Gasteiger charge is 2.37. The number of nitrogens with one attached hydrogen (secondary N) is 1. The van der Waals surface area contributed by atoms with Gasteiger partial charge in [0.25, 0.3) is 5.91 Å². The van der Waals surface area contributed by atoms with E-state index in [2.05, 4.69) is 11.4 Å². The molecule has 0 bridgehead atoms. The molecule has 148 valence electrons. The second-order valence-corrected chi connectivity index (χ2v) is 7.73. The molecule has 2 amide bonds. The lowest BCUT2D eigenvalue weighted by Crippen LogP contribution is -2.47. The highest BCUT2D eigenvalue weighted by Crippen LogP contribution is 2.29. The van der Waals surface area contributed by atoms with E-state index in [9.17, 15) is 19.6 Å². The molecule has 1 saturated carbocycles. The topological polar surface area (TPSA) is 99.5 Å². The zero-order valence-corrected chi connectivity index (χ0v) is 16.2. The van der Waals surface area contributed by atoms with Gasteiger partial charge in [0.15, 0.2) is 6.61 Å². The maximum absolute atomic E-state index is 12.3. The lowest BCUT2D eigenvalue weighted by atomic mass is 10.00. The Kier molecular flexibility index (Phi) is 6.20. The highest BCUT2D eigenvalue weighted by molar-refractivity contribution is 6.31. The number of amides is 2. The largest absolute Gasteiger partial charge is 0.455 e. The summed E-state index contributed by atoms with van der Waals surface area (Å²) in [5, 5.41) is 12.5. The summed E-state index contributed by atoms with van der Waals surface area (Å²) in [6.07, 6.45) is 3.04. The molecule has 1 atom stereocenters. The average molecular weight is 404 g/mol. The molecule has 1 heterocycles. The van der Waals surface area contributed by atoms with Crippen molar-refractivity contribution in [3.8, 4) is 6.07 Å². The average Bonchev–Trinajstić information content (AvgIpc) is 3.29. The van der Waals surface area contributed by atoms with Gasteiger partial charge in [0.05, 0.1) is 12.0 Å². The van der Waals surface area contributed by atoms with E-state index < -0.39 is 29.9 Å². The molecule has 0 radical (unpaired) electrons. The number of nitrogens with zero attached hydrogens (tertiary/aromatic N) is 2. The van der Waals surface area contributed by atoms with Crippen molar-refractivity contribution in [2.24, 2.45) is 5.92 Å². The number of hydrogen-bond acceptors (Lipinski definition) is 5. The van der Waals surface area contributed by atoms with E-state index >= 15 is 0 Å². The van der Waals surface area contributed by atoms with Crippen molar-refractivity contribution in [1.29, 1.82) is 5.26 Å². The van der Waals surface area contributed by atoms with Crippen LogP contribution in [0.4, 0.5) is 0 Å².